The van der Waals surface area contributed by atoms with Gasteiger partial charge in [-0.3, -0.25) is 10.1 Å². The molecule has 0 radical (unpaired) electrons. The van der Waals surface area contributed by atoms with Gasteiger partial charge >= 0.3 is 11.7 Å². The van der Waals surface area contributed by atoms with Gasteiger partial charge < -0.3 is 19.3 Å². The zero-order valence-corrected chi connectivity index (χ0v) is 11.5. The Morgan fingerprint density at radius 3 is 2.76 bits per heavy atom. The monoisotopic (exact) mass is 300 g/mol. The molecule has 0 aliphatic carbocycles. The molecular formula is C12H16N2O7. The highest BCUT2D eigenvalue weighted by atomic mass is 16.6. The Balaban J connectivity index is 2.47. The first kappa shape index (κ1) is 16.8. The highest BCUT2D eigenvalue weighted by Gasteiger charge is 2.21. The van der Waals surface area contributed by atoms with Crippen molar-refractivity contribution in [2.45, 2.75) is 6.42 Å². The molecule has 0 aliphatic rings. The Kier molecular flexibility index (Phi) is 7.05. The molecule has 0 atom stereocenters. The van der Waals surface area contributed by atoms with Gasteiger partial charge in [0.05, 0.1) is 24.7 Å². The number of nitro groups is 1. The van der Waals surface area contributed by atoms with Crippen LogP contribution in [0.4, 0.5) is 5.69 Å². The van der Waals surface area contributed by atoms with Crippen molar-refractivity contribution in [3.8, 4) is 5.88 Å². The Labute approximate surface area is 120 Å². The summed E-state index contributed by atoms with van der Waals surface area (Å²) in [7, 11) is 1.58. The van der Waals surface area contributed by atoms with Crippen LogP contribution in [-0.4, -0.2) is 54.5 Å². The second-order valence-corrected chi connectivity index (χ2v) is 3.91. The van der Waals surface area contributed by atoms with E-state index in [0.717, 1.165) is 12.3 Å². The number of pyridine rings is 1. The molecule has 0 aromatic carbocycles. The summed E-state index contributed by atoms with van der Waals surface area (Å²) >= 11 is 0. The van der Waals surface area contributed by atoms with E-state index in [1.165, 1.54) is 0 Å². The van der Waals surface area contributed by atoms with Gasteiger partial charge in [0.2, 0.25) is 5.88 Å². The van der Waals surface area contributed by atoms with Crippen molar-refractivity contribution in [3.63, 3.8) is 0 Å². The van der Waals surface area contributed by atoms with E-state index in [1.807, 2.05) is 0 Å². The Bertz CT molecular complexity index is 492. The third kappa shape index (κ3) is 5.71. The molecule has 0 spiro atoms. The summed E-state index contributed by atoms with van der Waals surface area (Å²) in [5.74, 6) is -1.38. The Morgan fingerprint density at radius 1 is 1.38 bits per heavy atom. The van der Waals surface area contributed by atoms with Crippen LogP contribution in [0, 0.1) is 10.1 Å². The lowest BCUT2D eigenvalue weighted by atomic mass is 10.2. The van der Waals surface area contributed by atoms with Crippen molar-refractivity contribution in [1.29, 1.82) is 0 Å². The fourth-order valence-electron chi connectivity index (χ4n) is 1.41. The minimum absolute atomic E-state index is 0.0230. The lowest BCUT2D eigenvalue weighted by Gasteiger charge is -2.06. The number of aromatic nitrogens is 1. The molecule has 0 fully saturated rings. The van der Waals surface area contributed by atoms with Crippen LogP contribution in [0.1, 0.15) is 16.8 Å². The molecule has 1 N–H and O–H groups in total. The number of hydrogen-bond donors (Lipinski definition) is 1. The third-order valence-electron chi connectivity index (χ3n) is 2.40. The molecule has 9 nitrogen and oxygen atoms in total. The zero-order valence-electron chi connectivity index (χ0n) is 11.5. The summed E-state index contributed by atoms with van der Waals surface area (Å²) in [6.45, 7) is 1.71. The minimum Gasteiger partial charge on any atom is -0.478 e. The highest BCUT2D eigenvalue weighted by molar-refractivity contribution is 5.92. The number of carboxylic acids is 1. The first-order chi connectivity index (χ1) is 10.1. The van der Waals surface area contributed by atoms with E-state index in [0.29, 0.717) is 26.2 Å². The second-order valence-electron chi connectivity index (χ2n) is 3.91. The van der Waals surface area contributed by atoms with Crippen LogP contribution >= 0.6 is 0 Å². The van der Waals surface area contributed by atoms with Crippen LogP contribution in [-0.2, 0) is 9.47 Å². The molecule has 0 bridgehead atoms. The van der Waals surface area contributed by atoms with E-state index in [9.17, 15) is 14.9 Å². The molecule has 1 aromatic rings. The van der Waals surface area contributed by atoms with E-state index in [2.05, 4.69) is 4.98 Å². The SMILES string of the molecule is COCCOCCCOc1cc(C(=O)O)c([N+](=O)[O-])cn1. The molecule has 1 rings (SSSR count). The first-order valence-electron chi connectivity index (χ1n) is 6.13. The van der Waals surface area contributed by atoms with Gasteiger partial charge in [-0.15, -0.1) is 0 Å². The number of carboxylic acid groups (broad SMARTS) is 1. The predicted octanol–water partition coefficient (Wildman–Crippen LogP) is 1.12. The molecule has 0 saturated heterocycles. The summed E-state index contributed by atoms with van der Waals surface area (Å²) in [4.78, 5) is 24.5. The van der Waals surface area contributed by atoms with Gasteiger partial charge in [0.25, 0.3) is 0 Å². The molecule has 1 heterocycles. The molecule has 0 aliphatic heterocycles. The average molecular weight is 300 g/mol. The molecule has 116 valence electrons. The molecule has 0 unspecified atom stereocenters. The predicted molar refractivity (Wildman–Crippen MR) is 70.7 cm³/mol. The molecule has 0 amide bonds. The number of nitrogens with zero attached hydrogens (tertiary/aromatic N) is 2. The van der Waals surface area contributed by atoms with Crippen LogP contribution in [0.2, 0.25) is 0 Å². The molecular weight excluding hydrogens is 284 g/mol. The quantitative estimate of drug-likeness (QED) is 0.387. The van der Waals surface area contributed by atoms with Gasteiger partial charge in [-0.05, 0) is 0 Å². The highest BCUT2D eigenvalue weighted by Crippen LogP contribution is 2.21. The number of rotatable bonds is 10. The van der Waals surface area contributed by atoms with Gasteiger partial charge in [0.15, 0.2) is 0 Å². The van der Waals surface area contributed by atoms with E-state index in [1.54, 1.807) is 7.11 Å². The van der Waals surface area contributed by atoms with Gasteiger partial charge in [0, 0.05) is 26.2 Å². The smallest absolute Gasteiger partial charge is 0.342 e. The zero-order chi connectivity index (χ0) is 15.7. The largest absolute Gasteiger partial charge is 0.478 e. The molecule has 0 saturated carbocycles. The maximum absolute atomic E-state index is 10.9. The minimum atomic E-state index is -1.41. The number of aromatic carboxylic acids is 1. The number of ether oxygens (including phenoxy) is 3. The van der Waals surface area contributed by atoms with Gasteiger partial charge in [-0.1, -0.05) is 0 Å². The third-order valence-corrected chi connectivity index (χ3v) is 2.40. The fourth-order valence-corrected chi connectivity index (χ4v) is 1.41. The molecule has 21 heavy (non-hydrogen) atoms. The van der Waals surface area contributed by atoms with Crippen LogP contribution in [0.15, 0.2) is 12.3 Å². The summed E-state index contributed by atoms with van der Waals surface area (Å²) in [6, 6.07) is 1.03. The van der Waals surface area contributed by atoms with Gasteiger partial charge in [0.1, 0.15) is 11.8 Å². The number of hydrogen-bond acceptors (Lipinski definition) is 7. The van der Waals surface area contributed by atoms with Crippen molar-refractivity contribution in [1.82, 2.24) is 4.98 Å². The molecule has 1 aromatic heterocycles. The fraction of sp³-hybridized carbons (Fsp3) is 0.500. The first-order valence-corrected chi connectivity index (χ1v) is 6.13. The summed E-state index contributed by atoms with van der Waals surface area (Å²) in [5, 5.41) is 19.6. The summed E-state index contributed by atoms with van der Waals surface area (Å²) in [6.07, 6.45) is 1.44. The Hall–Kier alpha value is -2.26. The van der Waals surface area contributed by atoms with Crippen molar-refractivity contribution >= 4 is 11.7 Å². The van der Waals surface area contributed by atoms with Crippen LogP contribution in [0.5, 0.6) is 5.88 Å². The van der Waals surface area contributed by atoms with Gasteiger partial charge in [-0.25, -0.2) is 9.78 Å². The van der Waals surface area contributed by atoms with Gasteiger partial charge in [-0.2, -0.15) is 0 Å². The van der Waals surface area contributed by atoms with Crippen LogP contribution in [0.25, 0.3) is 0 Å². The maximum Gasteiger partial charge on any atom is 0.342 e. The Morgan fingerprint density at radius 2 is 2.14 bits per heavy atom. The number of carbonyl (C=O) groups is 1. The number of methoxy groups -OCH3 is 1. The molecule has 9 heteroatoms. The summed E-state index contributed by atoms with van der Waals surface area (Å²) < 4.78 is 15.3. The van der Waals surface area contributed by atoms with Crippen LogP contribution < -0.4 is 4.74 Å². The normalized spacial score (nSPS) is 10.3. The van der Waals surface area contributed by atoms with Crippen molar-refractivity contribution in [3.05, 3.63) is 27.9 Å². The standard InChI is InChI=1S/C12H16N2O7/c1-19-5-6-20-3-2-4-21-11-7-9(12(15)16)10(8-13-11)14(17)18/h7-8H,2-6H2,1H3,(H,15,16). The van der Waals surface area contributed by atoms with E-state index >= 15 is 0 Å². The van der Waals surface area contributed by atoms with Crippen molar-refractivity contribution in [2.24, 2.45) is 0 Å². The maximum atomic E-state index is 10.9. The van der Waals surface area contributed by atoms with Crippen LogP contribution in [0.3, 0.4) is 0 Å². The topological polar surface area (TPSA) is 121 Å². The van der Waals surface area contributed by atoms with E-state index < -0.39 is 22.1 Å². The van der Waals surface area contributed by atoms with Crippen molar-refractivity contribution < 1.29 is 29.0 Å². The second kappa shape index (κ2) is 8.82. The van der Waals surface area contributed by atoms with E-state index in [4.69, 9.17) is 19.3 Å². The average Bonchev–Trinajstić information content (AvgIpc) is 2.46. The lowest BCUT2D eigenvalue weighted by molar-refractivity contribution is -0.385. The lowest BCUT2D eigenvalue weighted by Crippen LogP contribution is -2.08. The van der Waals surface area contributed by atoms with E-state index in [-0.39, 0.29) is 12.5 Å². The summed E-state index contributed by atoms with van der Waals surface area (Å²) in [5.41, 5.74) is -1.03. The van der Waals surface area contributed by atoms with Crippen molar-refractivity contribution in [2.75, 3.05) is 33.5 Å².